The Labute approximate surface area is 173 Å². The lowest BCUT2D eigenvalue weighted by Gasteiger charge is -2.21. The van der Waals surface area contributed by atoms with Gasteiger partial charge in [-0.05, 0) is 73.4 Å². The number of hydrogen-bond donors (Lipinski definition) is 1. The summed E-state index contributed by atoms with van der Waals surface area (Å²) in [6.45, 7) is 4.03. The average molecular weight is 394 g/mol. The van der Waals surface area contributed by atoms with Crippen LogP contribution in [-0.2, 0) is 17.6 Å². The molecular formula is C25H31NO3. The van der Waals surface area contributed by atoms with E-state index in [1.807, 2.05) is 25.1 Å². The van der Waals surface area contributed by atoms with E-state index in [0.717, 1.165) is 29.7 Å². The fourth-order valence-corrected chi connectivity index (χ4v) is 4.00. The van der Waals surface area contributed by atoms with Crippen molar-refractivity contribution in [2.75, 3.05) is 14.2 Å². The number of allylic oxidation sites excluding steroid dienone is 1. The first kappa shape index (κ1) is 21.0. The molecule has 0 saturated carbocycles. The molecule has 1 unspecified atom stereocenters. The standard InChI is InChI=1S/C25H31NO3/c1-5-23(20-11-10-18-8-6-7-9-19(18)15-20)26-25(27)14-17(2)22-13-12-21(28-3)16-24(22)29-4/h10-16,23H,5-9H2,1-4H3,(H,26,27)/b17-14+. The first-order valence-electron chi connectivity index (χ1n) is 10.4. The molecule has 0 fully saturated rings. The molecule has 29 heavy (non-hydrogen) atoms. The van der Waals surface area contributed by atoms with Crippen molar-refractivity contribution in [2.45, 2.75) is 52.0 Å². The Morgan fingerprint density at radius 2 is 1.83 bits per heavy atom. The van der Waals surface area contributed by atoms with Crippen molar-refractivity contribution < 1.29 is 14.3 Å². The zero-order valence-corrected chi connectivity index (χ0v) is 17.9. The molecule has 3 rings (SSSR count). The lowest BCUT2D eigenvalue weighted by molar-refractivity contribution is -0.117. The Balaban J connectivity index is 1.76. The lowest BCUT2D eigenvalue weighted by Crippen LogP contribution is -2.27. The van der Waals surface area contributed by atoms with Gasteiger partial charge in [0.15, 0.2) is 0 Å². The third kappa shape index (κ3) is 5.00. The molecule has 4 heteroatoms. The number of hydrogen-bond acceptors (Lipinski definition) is 3. The summed E-state index contributed by atoms with van der Waals surface area (Å²) in [5.41, 5.74) is 5.82. The highest BCUT2D eigenvalue weighted by atomic mass is 16.5. The third-order valence-electron chi connectivity index (χ3n) is 5.68. The fraction of sp³-hybridized carbons (Fsp3) is 0.400. The molecule has 2 aromatic carbocycles. The van der Waals surface area contributed by atoms with Gasteiger partial charge >= 0.3 is 0 Å². The summed E-state index contributed by atoms with van der Waals surface area (Å²) in [5, 5.41) is 3.17. The van der Waals surface area contributed by atoms with E-state index < -0.39 is 0 Å². The third-order valence-corrected chi connectivity index (χ3v) is 5.68. The van der Waals surface area contributed by atoms with Crippen LogP contribution in [0.3, 0.4) is 0 Å². The predicted octanol–water partition coefficient (Wildman–Crippen LogP) is 5.25. The second-order valence-electron chi connectivity index (χ2n) is 7.60. The van der Waals surface area contributed by atoms with Crippen LogP contribution in [0.1, 0.15) is 61.4 Å². The highest BCUT2D eigenvalue weighted by Crippen LogP contribution is 2.30. The Kier molecular flexibility index (Phi) is 6.97. The van der Waals surface area contributed by atoms with Crippen LogP contribution in [0.15, 0.2) is 42.5 Å². The van der Waals surface area contributed by atoms with Crippen LogP contribution in [-0.4, -0.2) is 20.1 Å². The number of carbonyl (C=O) groups is 1. The van der Waals surface area contributed by atoms with Crippen LogP contribution >= 0.6 is 0 Å². The summed E-state index contributed by atoms with van der Waals surface area (Å²) in [7, 11) is 3.24. The molecule has 0 bridgehead atoms. The maximum Gasteiger partial charge on any atom is 0.244 e. The van der Waals surface area contributed by atoms with E-state index >= 15 is 0 Å². The number of rotatable bonds is 7. The average Bonchev–Trinajstić information content (AvgIpc) is 2.76. The lowest BCUT2D eigenvalue weighted by atomic mass is 9.89. The van der Waals surface area contributed by atoms with Crippen LogP contribution in [0.4, 0.5) is 0 Å². The summed E-state index contributed by atoms with van der Waals surface area (Å²) in [5.74, 6) is 1.32. The Hall–Kier alpha value is -2.75. The topological polar surface area (TPSA) is 47.6 Å². The van der Waals surface area contributed by atoms with E-state index in [2.05, 4.69) is 30.4 Å². The van der Waals surface area contributed by atoms with E-state index in [9.17, 15) is 4.79 Å². The molecule has 1 amide bonds. The zero-order valence-electron chi connectivity index (χ0n) is 17.9. The van der Waals surface area contributed by atoms with Crippen molar-refractivity contribution in [3.8, 4) is 11.5 Å². The number of nitrogens with one attached hydrogen (secondary N) is 1. The van der Waals surface area contributed by atoms with Crippen LogP contribution in [0.5, 0.6) is 11.5 Å². The van der Waals surface area contributed by atoms with Crippen LogP contribution in [0.2, 0.25) is 0 Å². The van der Waals surface area contributed by atoms with Gasteiger partial charge in [0, 0.05) is 17.7 Å². The molecule has 0 saturated heterocycles. The van der Waals surface area contributed by atoms with Gasteiger partial charge in [-0.25, -0.2) is 0 Å². The maximum absolute atomic E-state index is 12.7. The van der Waals surface area contributed by atoms with Crippen molar-refractivity contribution in [3.05, 3.63) is 64.7 Å². The normalized spacial score (nSPS) is 14.7. The minimum absolute atomic E-state index is 0.0107. The monoisotopic (exact) mass is 393 g/mol. The highest BCUT2D eigenvalue weighted by molar-refractivity contribution is 5.95. The van der Waals surface area contributed by atoms with Crippen molar-refractivity contribution in [1.29, 1.82) is 0 Å². The zero-order chi connectivity index (χ0) is 20.8. The first-order valence-corrected chi connectivity index (χ1v) is 10.4. The number of carbonyl (C=O) groups excluding carboxylic acids is 1. The Morgan fingerprint density at radius 1 is 1.07 bits per heavy atom. The van der Waals surface area contributed by atoms with Crippen LogP contribution in [0.25, 0.3) is 5.57 Å². The molecule has 1 atom stereocenters. The Bertz CT molecular complexity index is 901. The van der Waals surface area contributed by atoms with Gasteiger partial charge < -0.3 is 14.8 Å². The van der Waals surface area contributed by atoms with E-state index in [4.69, 9.17) is 9.47 Å². The molecule has 0 aliphatic heterocycles. The predicted molar refractivity (Wildman–Crippen MR) is 117 cm³/mol. The Morgan fingerprint density at radius 3 is 2.52 bits per heavy atom. The number of ether oxygens (including phenoxy) is 2. The van der Waals surface area contributed by atoms with Gasteiger partial charge in [-0.1, -0.05) is 25.1 Å². The van der Waals surface area contributed by atoms with Crippen LogP contribution in [0, 0.1) is 0 Å². The first-order chi connectivity index (χ1) is 14.0. The van der Waals surface area contributed by atoms with Gasteiger partial charge in [-0.15, -0.1) is 0 Å². The van der Waals surface area contributed by atoms with Gasteiger partial charge in [0.25, 0.3) is 0 Å². The molecule has 1 aliphatic carbocycles. The van der Waals surface area contributed by atoms with Gasteiger partial charge in [0.05, 0.1) is 20.3 Å². The molecule has 154 valence electrons. The summed E-state index contributed by atoms with van der Waals surface area (Å²) >= 11 is 0. The molecule has 1 N–H and O–H groups in total. The molecule has 2 aromatic rings. The molecule has 0 heterocycles. The molecule has 0 radical (unpaired) electrons. The maximum atomic E-state index is 12.7. The van der Waals surface area contributed by atoms with Gasteiger partial charge in [-0.2, -0.15) is 0 Å². The van der Waals surface area contributed by atoms with E-state index in [1.54, 1.807) is 20.3 Å². The number of methoxy groups -OCH3 is 2. The SMILES string of the molecule is CCC(NC(=O)/C=C(\C)c1ccc(OC)cc1OC)c1ccc2c(c1)CCCC2. The number of benzene rings is 2. The second-order valence-corrected chi connectivity index (χ2v) is 7.60. The summed E-state index contributed by atoms with van der Waals surface area (Å²) in [6.07, 6.45) is 7.34. The quantitative estimate of drug-likeness (QED) is 0.653. The van der Waals surface area contributed by atoms with Crippen molar-refractivity contribution >= 4 is 11.5 Å². The summed E-state index contributed by atoms with van der Waals surface area (Å²) in [6, 6.07) is 12.3. The number of aryl methyl sites for hydroxylation is 2. The van der Waals surface area contributed by atoms with E-state index in [1.165, 1.54) is 36.0 Å². The van der Waals surface area contributed by atoms with Crippen LogP contribution < -0.4 is 14.8 Å². The molecule has 4 nitrogen and oxygen atoms in total. The summed E-state index contributed by atoms with van der Waals surface area (Å²) < 4.78 is 10.7. The highest BCUT2D eigenvalue weighted by Gasteiger charge is 2.16. The molecule has 0 spiro atoms. The largest absolute Gasteiger partial charge is 0.497 e. The number of amides is 1. The second kappa shape index (κ2) is 9.64. The van der Waals surface area contributed by atoms with Gasteiger partial charge in [0.2, 0.25) is 5.91 Å². The van der Waals surface area contributed by atoms with E-state index in [-0.39, 0.29) is 11.9 Å². The van der Waals surface area contributed by atoms with Crippen molar-refractivity contribution in [1.82, 2.24) is 5.32 Å². The minimum atomic E-state index is -0.0926. The molecule has 0 aromatic heterocycles. The smallest absolute Gasteiger partial charge is 0.244 e. The van der Waals surface area contributed by atoms with E-state index in [0.29, 0.717) is 5.75 Å². The van der Waals surface area contributed by atoms with Crippen molar-refractivity contribution in [3.63, 3.8) is 0 Å². The minimum Gasteiger partial charge on any atom is -0.497 e. The fourth-order valence-electron chi connectivity index (χ4n) is 4.00. The molecule has 1 aliphatic rings. The number of fused-ring (bicyclic) bond motifs is 1. The summed E-state index contributed by atoms with van der Waals surface area (Å²) in [4.78, 5) is 12.7. The van der Waals surface area contributed by atoms with Gasteiger partial charge in [0.1, 0.15) is 11.5 Å². The molecular weight excluding hydrogens is 362 g/mol. The van der Waals surface area contributed by atoms with Crippen molar-refractivity contribution in [2.24, 2.45) is 0 Å². The van der Waals surface area contributed by atoms with Gasteiger partial charge in [-0.3, -0.25) is 4.79 Å².